The minimum absolute atomic E-state index is 0.0449. The summed E-state index contributed by atoms with van der Waals surface area (Å²) in [6.45, 7) is 0. The normalized spacial score (nSPS) is 18.4. The van der Waals surface area contributed by atoms with Crippen LogP contribution in [0.2, 0.25) is 0 Å². The molecule has 0 unspecified atom stereocenters. The number of nitrogens with one attached hydrogen (secondary N) is 1. The molecule has 0 aromatic heterocycles. The number of thioether (sulfide) groups is 1. The van der Waals surface area contributed by atoms with Crippen molar-refractivity contribution in [2.75, 3.05) is 6.26 Å². The van der Waals surface area contributed by atoms with Crippen LogP contribution in [0.3, 0.4) is 0 Å². The topological polar surface area (TPSA) is 96.0 Å². The minimum atomic E-state index is -0.488. The number of carbonyl (C=O) groups excluding carboxylic acids is 1. The highest BCUT2D eigenvalue weighted by Crippen LogP contribution is 2.36. The first-order chi connectivity index (χ1) is 9.56. The number of hydrogen-bond donors (Lipinski definition) is 1. The molecular weight excluding hydrogens is 278 g/mol. The molecule has 0 saturated carbocycles. The van der Waals surface area contributed by atoms with Crippen LogP contribution in [0.4, 0.5) is 5.69 Å². The van der Waals surface area contributed by atoms with Crippen molar-refractivity contribution in [1.29, 1.82) is 5.26 Å². The summed E-state index contributed by atoms with van der Waals surface area (Å²) in [6, 6.07) is 8.16. The zero-order valence-electron chi connectivity index (χ0n) is 10.6. The lowest BCUT2D eigenvalue weighted by molar-refractivity contribution is -0.384. The molecule has 0 fully saturated rings. The molecule has 0 radical (unpaired) electrons. The van der Waals surface area contributed by atoms with Crippen molar-refractivity contribution in [3.8, 4) is 6.07 Å². The highest BCUT2D eigenvalue weighted by atomic mass is 32.2. The van der Waals surface area contributed by atoms with Crippen molar-refractivity contribution in [2.45, 2.75) is 12.3 Å². The van der Waals surface area contributed by atoms with Gasteiger partial charge in [-0.3, -0.25) is 14.9 Å². The summed E-state index contributed by atoms with van der Waals surface area (Å²) in [5.74, 6) is -0.624. The molecule has 1 aromatic rings. The van der Waals surface area contributed by atoms with Crippen LogP contribution in [0.15, 0.2) is 34.9 Å². The standard InChI is InChI=1S/C13H11N3O3S/c1-20-13-11(7-14)10(6-12(17)15-13)8-3-2-4-9(5-8)16(18)19/h2-5,10H,6H2,1H3,(H,15,17)/t10-/m0/s1. The third kappa shape index (κ3) is 2.65. The van der Waals surface area contributed by atoms with Crippen LogP contribution in [0.25, 0.3) is 0 Å². The Morgan fingerprint density at radius 3 is 2.90 bits per heavy atom. The summed E-state index contributed by atoms with van der Waals surface area (Å²) in [5, 5.41) is 23.3. The fourth-order valence-electron chi connectivity index (χ4n) is 2.12. The molecule has 0 spiro atoms. The van der Waals surface area contributed by atoms with Crippen LogP contribution in [0.1, 0.15) is 17.9 Å². The predicted octanol–water partition coefficient (Wildman–Crippen LogP) is 2.30. The maximum atomic E-state index is 11.7. The Labute approximate surface area is 119 Å². The fourth-order valence-corrected chi connectivity index (χ4v) is 2.74. The Bertz CT molecular complexity index is 649. The van der Waals surface area contributed by atoms with Crippen molar-refractivity contribution in [1.82, 2.24) is 5.32 Å². The number of benzene rings is 1. The summed E-state index contributed by atoms with van der Waals surface area (Å²) in [7, 11) is 0. The van der Waals surface area contributed by atoms with E-state index >= 15 is 0 Å². The molecule has 1 amide bonds. The number of nitro benzene ring substituents is 1. The summed E-state index contributed by atoms with van der Waals surface area (Å²) in [4.78, 5) is 22.0. The number of nitriles is 1. The van der Waals surface area contributed by atoms with E-state index in [1.54, 1.807) is 18.4 Å². The molecule has 1 aromatic carbocycles. The third-order valence-electron chi connectivity index (χ3n) is 3.04. The van der Waals surface area contributed by atoms with Gasteiger partial charge in [-0.25, -0.2) is 0 Å². The van der Waals surface area contributed by atoms with E-state index in [-0.39, 0.29) is 18.0 Å². The van der Waals surface area contributed by atoms with Crippen LogP contribution in [0, 0.1) is 21.4 Å². The smallest absolute Gasteiger partial charge is 0.269 e. The van der Waals surface area contributed by atoms with E-state index in [1.165, 1.54) is 23.9 Å². The number of hydrogen-bond acceptors (Lipinski definition) is 5. The van der Waals surface area contributed by atoms with E-state index in [0.717, 1.165) is 0 Å². The number of carbonyl (C=O) groups is 1. The van der Waals surface area contributed by atoms with Crippen molar-refractivity contribution in [3.63, 3.8) is 0 Å². The second kappa shape index (κ2) is 5.75. The van der Waals surface area contributed by atoms with Gasteiger partial charge in [-0.2, -0.15) is 5.26 Å². The Balaban J connectivity index is 2.50. The van der Waals surface area contributed by atoms with Gasteiger partial charge in [-0.05, 0) is 11.8 Å². The number of allylic oxidation sites excluding steroid dienone is 1. The molecule has 1 aliphatic heterocycles. The largest absolute Gasteiger partial charge is 0.320 e. The fraction of sp³-hybridized carbons (Fsp3) is 0.231. The minimum Gasteiger partial charge on any atom is -0.320 e. The second-order valence-corrected chi connectivity index (χ2v) is 5.03. The van der Waals surface area contributed by atoms with Gasteiger partial charge in [0.05, 0.1) is 21.6 Å². The van der Waals surface area contributed by atoms with Gasteiger partial charge in [-0.15, -0.1) is 11.8 Å². The van der Waals surface area contributed by atoms with Crippen molar-refractivity contribution >= 4 is 23.4 Å². The zero-order valence-corrected chi connectivity index (χ0v) is 11.4. The highest BCUT2D eigenvalue weighted by Gasteiger charge is 2.29. The van der Waals surface area contributed by atoms with Gasteiger partial charge < -0.3 is 5.32 Å². The molecule has 0 bridgehead atoms. The molecule has 1 N–H and O–H groups in total. The molecule has 1 heterocycles. The lowest BCUT2D eigenvalue weighted by Gasteiger charge is -2.24. The van der Waals surface area contributed by atoms with Crippen molar-refractivity contribution < 1.29 is 9.72 Å². The summed E-state index contributed by atoms with van der Waals surface area (Å²) in [5.41, 5.74) is 1.01. The molecule has 6 nitrogen and oxygen atoms in total. The average molecular weight is 289 g/mol. The maximum Gasteiger partial charge on any atom is 0.269 e. The molecule has 1 aliphatic rings. The lowest BCUT2D eigenvalue weighted by Crippen LogP contribution is -2.30. The van der Waals surface area contributed by atoms with Gasteiger partial charge >= 0.3 is 0 Å². The molecular formula is C13H11N3O3S. The Morgan fingerprint density at radius 1 is 1.55 bits per heavy atom. The lowest BCUT2D eigenvalue weighted by atomic mass is 9.87. The van der Waals surface area contributed by atoms with Gasteiger partial charge in [0.1, 0.15) is 0 Å². The molecule has 102 valence electrons. The first-order valence-electron chi connectivity index (χ1n) is 5.79. The molecule has 2 rings (SSSR count). The van der Waals surface area contributed by atoms with Crippen LogP contribution in [-0.4, -0.2) is 17.1 Å². The number of non-ortho nitro benzene ring substituents is 1. The summed E-state index contributed by atoms with van der Waals surface area (Å²) in [6.07, 6.45) is 1.89. The van der Waals surface area contributed by atoms with E-state index in [2.05, 4.69) is 11.4 Å². The monoisotopic (exact) mass is 289 g/mol. The van der Waals surface area contributed by atoms with E-state index in [1.807, 2.05) is 0 Å². The summed E-state index contributed by atoms with van der Waals surface area (Å²) >= 11 is 1.28. The van der Waals surface area contributed by atoms with Gasteiger partial charge in [0.15, 0.2) is 0 Å². The molecule has 0 saturated heterocycles. The van der Waals surface area contributed by atoms with E-state index < -0.39 is 10.8 Å². The molecule has 20 heavy (non-hydrogen) atoms. The van der Waals surface area contributed by atoms with Crippen LogP contribution >= 0.6 is 11.8 Å². The Hall–Kier alpha value is -2.33. The highest BCUT2D eigenvalue weighted by molar-refractivity contribution is 8.02. The predicted molar refractivity (Wildman–Crippen MR) is 74.8 cm³/mol. The molecule has 7 heteroatoms. The second-order valence-electron chi connectivity index (χ2n) is 4.22. The maximum absolute atomic E-state index is 11.7. The SMILES string of the molecule is CSC1=C(C#N)[C@H](c2cccc([N+](=O)[O-])c2)CC(=O)N1. The molecule has 0 aliphatic carbocycles. The van der Waals surface area contributed by atoms with Gasteiger partial charge in [0.25, 0.3) is 5.69 Å². The number of amides is 1. The van der Waals surface area contributed by atoms with E-state index in [4.69, 9.17) is 0 Å². The first kappa shape index (κ1) is 14.1. The summed E-state index contributed by atoms with van der Waals surface area (Å²) < 4.78 is 0. The van der Waals surface area contributed by atoms with Crippen molar-refractivity contribution in [3.05, 3.63) is 50.5 Å². The van der Waals surface area contributed by atoms with Crippen molar-refractivity contribution in [2.24, 2.45) is 0 Å². The van der Waals surface area contributed by atoms with Crippen LogP contribution in [-0.2, 0) is 4.79 Å². The molecule has 1 atom stereocenters. The van der Waals surface area contributed by atoms with Gasteiger partial charge in [0, 0.05) is 24.5 Å². The Morgan fingerprint density at radius 2 is 2.30 bits per heavy atom. The van der Waals surface area contributed by atoms with Gasteiger partial charge in [-0.1, -0.05) is 12.1 Å². The van der Waals surface area contributed by atoms with Crippen LogP contribution in [0.5, 0.6) is 0 Å². The number of nitro groups is 1. The first-order valence-corrected chi connectivity index (χ1v) is 7.01. The quantitative estimate of drug-likeness (QED) is 0.680. The van der Waals surface area contributed by atoms with E-state index in [0.29, 0.717) is 16.2 Å². The Kier molecular flexibility index (Phi) is 4.05. The zero-order chi connectivity index (χ0) is 14.7. The van der Waals surface area contributed by atoms with Crippen LogP contribution < -0.4 is 5.32 Å². The van der Waals surface area contributed by atoms with E-state index in [9.17, 15) is 20.2 Å². The number of rotatable bonds is 3. The number of nitrogens with zero attached hydrogens (tertiary/aromatic N) is 2. The average Bonchev–Trinajstić information content (AvgIpc) is 2.46. The van der Waals surface area contributed by atoms with Gasteiger partial charge in [0.2, 0.25) is 5.91 Å². The third-order valence-corrected chi connectivity index (χ3v) is 3.77.